The van der Waals surface area contributed by atoms with Crippen LogP contribution < -0.4 is 5.32 Å². The maximum absolute atomic E-state index is 3.69. The van der Waals surface area contributed by atoms with Gasteiger partial charge in [-0.1, -0.05) is 39.3 Å². The van der Waals surface area contributed by atoms with Crippen molar-refractivity contribution >= 4 is 0 Å². The summed E-state index contributed by atoms with van der Waals surface area (Å²) >= 11 is 0. The molecule has 0 spiro atoms. The molecule has 1 heterocycles. The Hall–Kier alpha value is -0.340. The molecule has 2 unspecified atom stereocenters. The predicted molar refractivity (Wildman–Crippen MR) is 71.7 cm³/mol. The molecule has 0 aromatic heterocycles. The van der Waals surface area contributed by atoms with Gasteiger partial charge in [-0.25, -0.2) is 0 Å². The molecule has 1 rings (SSSR count). The fourth-order valence-corrected chi connectivity index (χ4v) is 2.55. The predicted octanol–water partition coefficient (Wildman–Crippen LogP) is 2.66. The number of hydrogen-bond donors (Lipinski definition) is 1. The Kier molecular flexibility index (Phi) is 6.07. The van der Waals surface area contributed by atoms with Gasteiger partial charge in [0, 0.05) is 31.7 Å². The number of nitrogens with zero attached hydrogens (tertiary/aromatic N) is 1. The molecule has 2 heteroatoms. The van der Waals surface area contributed by atoms with E-state index in [1.807, 2.05) is 0 Å². The summed E-state index contributed by atoms with van der Waals surface area (Å²) in [5.41, 5.74) is 0. The van der Waals surface area contributed by atoms with E-state index in [0.29, 0.717) is 12.1 Å². The van der Waals surface area contributed by atoms with Gasteiger partial charge >= 0.3 is 0 Å². The molecular formula is C14H28N2. The van der Waals surface area contributed by atoms with E-state index in [2.05, 4.69) is 50.1 Å². The van der Waals surface area contributed by atoms with Crippen LogP contribution in [0.1, 0.15) is 40.5 Å². The minimum atomic E-state index is 0.698. The van der Waals surface area contributed by atoms with Gasteiger partial charge in [0.15, 0.2) is 0 Å². The Morgan fingerprint density at radius 2 is 2.19 bits per heavy atom. The Morgan fingerprint density at radius 1 is 1.44 bits per heavy atom. The van der Waals surface area contributed by atoms with E-state index < -0.39 is 0 Å². The summed E-state index contributed by atoms with van der Waals surface area (Å²) in [7, 11) is 0. The minimum absolute atomic E-state index is 0.698. The smallest absolute Gasteiger partial charge is 0.0247 e. The van der Waals surface area contributed by atoms with Gasteiger partial charge < -0.3 is 5.32 Å². The molecule has 1 aliphatic rings. The molecule has 94 valence electrons. The lowest BCUT2D eigenvalue weighted by molar-refractivity contribution is 0.108. The number of rotatable bonds is 5. The van der Waals surface area contributed by atoms with Crippen molar-refractivity contribution in [1.82, 2.24) is 10.2 Å². The highest BCUT2D eigenvalue weighted by atomic mass is 15.2. The first kappa shape index (κ1) is 13.7. The van der Waals surface area contributed by atoms with Crippen molar-refractivity contribution in [3.8, 4) is 0 Å². The third-order valence-electron chi connectivity index (χ3n) is 3.52. The van der Waals surface area contributed by atoms with Crippen molar-refractivity contribution < 1.29 is 0 Å². The lowest BCUT2D eigenvalue weighted by Crippen LogP contribution is -2.58. The Morgan fingerprint density at radius 3 is 2.75 bits per heavy atom. The molecular weight excluding hydrogens is 196 g/mol. The molecule has 16 heavy (non-hydrogen) atoms. The van der Waals surface area contributed by atoms with E-state index >= 15 is 0 Å². The van der Waals surface area contributed by atoms with Gasteiger partial charge in [0.05, 0.1) is 0 Å². The van der Waals surface area contributed by atoms with Gasteiger partial charge in [0.2, 0.25) is 0 Å². The Labute approximate surface area is 101 Å². The summed E-state index contributed by atoms with van der Waals surface area (Å²) in [5, 5.41) is 3.69. The summed E-state index contributed by atoms with van der Waals surface area (Å²) < 4.78 is 0. The monoisotopic (exact) mass is 224 g/mol. The largest absolute Gasteiger partial charge is 0.311 e. The number of hydrogen-bond acceptors (Lipinski definition) is 2. The van der Waals surface area contributed by atoms with Gasteiger partial charge in [-0.3, -0.25) is 4.90 Å². The van der Waals surface area contributed by atoms with Gasteiger partial charge in [0.1, 0.15) is 0 Å². The quantitative estimate of drug-likeness (QED) is 0.722. The van der Waals surface area contributed by atoms with E-state index in [4.69, 9.17) is 0 Å². The highest BCUT2D eigenvalue weighted by Gasteiger charge is 2.28. The zero-order chi connectivity index (χ0) is 12.0. The third-order valence-corrected chi connectivity index (χ3v) is 3.52. The van der Waals surface area contributed by atoms with Crippen LogP contribution >= 0.6 is 0 Å². The van der Waals surface area contributed by atoms with Crippen molar-refractivity contribution in [2.45, 2.75) is 52.6 Å². The normalized spacial score (nSPS) is 28.1. The molecule has 0 amide bonds. The number of piperazine rings is 1. The van der Waals surface area contributed by atoms with Crippen molar-refractivity contribution in [1.29, 1.82) is 0 Å². The fourth-order valence-electron chi connectivity index (χ4n) is 2.55. The van der Waals surface area contributed by atoms with Crippen molar-refractivity contribution in [2.75, 3.05) is 19.6 Å². The zero-order valence-corrected chi connectivity index (χ0v) is 11.4. The first-order valence-corrected chi connectivity index (χ1v) is 6.77. The number of nitrogens with one attached hydrogen (secondary N) is 1. The summed E-state index contributed by atoms with van der Waals surface area (Å²) in [6.07, 6.45) is 7.02. The van der Waals surface area contributed by atoms with Crippen LogP contribution in [0.5, 0.6) is 0 Å². The van der Waals surface area contributed by atoms with Crippen LogP contribution in [-0.4, -0.2) is 36.6 Å². The van der Waals surface area contributed by atoms with Crippen LogP contribution in [0.25, 0.3) is 0 Å². The van der Waals surface area contributed by atoms with Gasteiger partial charge in [-0.05, 0) is 19.3 Å². The first-order valence-electron chi connectivity index (χ1n) is 6.77. The molecule has 0 saturated carbocycles. The lowest BCUT2D eigenvalue weighted by Gasteiger charge is -2.42. The van der Waals surface area contributed by atoms with Crippen molar-refractivity contribution in [2.24, 2.45) is 5.92 Å². The molecule has 1 aliphatic heterocycles. The van der Waals surface area contributed by atoms with Crippen LogP contribution in [0.3, 0.4) is 0 Å². The second-order valence-electron chi connectivity index (χ2n) is 5.23. The second kappa shape index (κ2) is 7.08. The summed E-state index contributed by atoms with van der Waals surface area (Å²) in [4.78, 5) is 2.64. The second-order valence-corrected chi connectivity index (χ2v) is 5.23. The first-order chi connectivity index (χ1) is 7.69. The van der Waals surface area contributed by atoms with E-state index in [-0.39, 0.29) is 0 Å². The highest BCUT2D eigenvalue weighted by Crippen LogP contribution is 2.16. The van der Waals surface area contributed by atoms with Crippen LogP contribution in [0, 0.1) is 5.92 Å². The summed E-state index contributed by atoms with van der Waals surface area (Å²) in [5.74, 6) is 0.736. The maximum atomic E-state index is 3.69. The maximum Gasteiger partial charge on any atom is 0.0247 e. The average molecular weight is 224 g/mol. The van der Waals surface area contributed by atoms with Gasteiger partial charge in [-0.2, -0.15) is 0 Å². The van der Waals surface area contributed by atoms with Gasteiger partial charge in [-0.15, -0.1) is 0 Å². The Bertz CT molecular complexity index is 211. The summed E-state index contributed by atoms with van der Waals surface area (Å²) in [6.45, 7) is 12.5. The molecule has 1 fully saturated rings. The molecule has 2 nitrogen and oxygen atoms in total. The highest BCUT2D eigenvalue weighted by molar-refractivity contribution is 4.92. The fraction of sp³-hybridized carbons (Fsp3) is 0.857. The van der Waals surface area contributed by atoms with Gasteiger partial charge in [0.25, 0.3) is 0 Å². The topological polar surface area (TPSA) is 15.3 Å². The van der Waals surface area contributed by atoms with Crippen LogP contribution in [0.15, 0.2) is 12.2 Å². The molecule has 0 aromatic rings. The lowest BCUT2D eigenvalue weighted by atomic mass is 9.97. The standard InChI is InChI=1S/C14H28N2/c1-5-7-9-16-11-13(8-6-2)15-10-14(16)12(3)4/h5,7,12-15H,6,8-11H2,1-4H3/b7-5+. The van der Waals surface area contributed by atoms with E-state index in [1.54, 1.807) is 0 Å². The SMILES string of the molecule is C/C=C/CN1CC(CCC)NCC1C(C)C. The van der Waals surface area contributed by atoms with Crippen molar-refractivity contribution in [3.05, 3.63) is 12.2 Å². The average Bonchev–Trinajstić information content (AvgIpc) is 2.26. The molecule has 0 bridgehead atoms. The van der Waals surface area contributed by atoms with Crippen molar-refractivity contribution in [3.63, 3.8) is 0 Å². The zero-order valence-electron chi connectivity index (χ0n) is 11.4. The van der Waals surface area contributed by atoms with E-state index in [1.165, 1.54) is 19.4 Å². The molecule has 0 radical (unpaired) electrons. The molecule has 1 saturated heterocycles. The summed E-state index contributed by atoms with van der Waals surface area (Å²) in [6, 6.07) is 1.40. The van der Waals surface area contributed by atoms with Crippen LogP contribution in [0.2, 0.25) is 0 Å². The van der Waals surface area contributed by atoms with Crippen LogP contribution in [-0.2, 0) is 0 Å². The third kappa shape index (κ3) is 3.91. The molecule has 0 aliphatic carbocycles. The van der Waals surface area contributed by atoms with Crippen LogP contribution in [0.4, 0.5) is 0 Å². The minimum Gasteiger partial charge on any atom is -0.311 e. The van der Waals surface area contributed by atoms with E-state index in [9.17, 15) is 0 Å². The molecule has 0 aromatic carbocycles. The molecule has 2 atom stereocenters. The Balaban J connectivity index is 2.54. The number of allylic oxidation sites excluding steroid dienone is 1. The van der Waals surface area contributed by atoms with E-state index in [0.717, 1.165) is 19.0 Å². The molecule has 1 N–H and O–H groups in total.